The number of Topliss-reactive ketones (excluding diaryl/α,β-unsaturated/α-hetero) is 2. The van der Waals surface area contributed by atoms with Crippen LogP contribution in [0, 0.1) is 0 Å². The molecule has 1 aliphatic carbocycles. The van der Waals surface area contributed by atoms with Crippen LogP contribution in [-0.4, -0.2) is 36.7 Å². The Morgan fingerprint density at radius 1 is 1.00 bits per heavy atom. The summed E-state index contributed by atoms with van der Waals surface area (Å²) in [6.45, 7) is 1.29. The molecule has 0 radical (unpaired) electrons. The Morgan fingerprint density at radius 2 is 1.70 bits per heavy atom. The first-order valence-electron chi connectivity index (χ1n) is 8.11. The van der Waals surface area contributed by atoms with Crippen molar-refractivity contribution in [1.29, 1.82) is 0 Å². The molecule has 3 rings (SSSR count). The number of carbonyl (C=O) groups is 3. The average molecular weight is 367 g/mol. The highest BCUT2D eigenvalue weighted by Crippen LogP contribution is 2.28. The van der Waals surface area contributed by atoms with Gasteiger partial charge in [-0.05, 0) is 37.3 Å². The highest BCUT2D eigenvalue weighted by molar-refractivity contribution is 6.26. The number of pyridine rings is 1. The molecule has 0 spiro atoms. The summed E-state index contributed by atoms with van der Waals surface area (Å²) in [6.07, 6.45) is 1.41. The first-order valence-corrected chi connectivity index (χ1v) is 8.11. The summed E-state index contributed by atoms with van der Waals surface area (Å²) in [6, 6.07) is 7.89. The van der Waals surface area contributed by atoms with E-state index >= 15 is 0 Å². The zero-order chi connectivity index (χ0) is 19.6. The maximum atomic E-state index is 12.7. The Labute approximate surface area is 155 Å². The van der Waals surface area contributed by atoms with Crippen molar-refractivity contribution in [3.8, 4) is 5.75 Å². The Morgan fingerprint density at radius 3 is 2.33 bits per heavy atom. The van der Waals surface area contributed by atoms with E-state index in [-0.39, 0.29) is 40.5 Å². The molecule has 2 aromatic rings. The number of rotatable bonds is 5. The number of hydrogen-bond donors (Lipinski definition) is 0. The molecule has 0 saturated heterocycles. The number of ketones is 2. The van der Waals surface area contributed by atoms with Gasteiger partial charge in [0.25, 0.3) is 0 Å². The summed E-state index contributed by atoms with van der Waals surface area (Å²) in [7, 11) is 2.86. The molecule has 0 bridgehead atoms. The van der Waals surface area contributed by atoms with Gasteiger partial charge in [-0.25, -0.2) is 4.79 Å². The van der Waals surface area contributed by atoms with E-state index in [1.165, 1.54) is 33.4 Å². The summed E-state index contributed by atoms with van der Waals surface area (Å²) >= 11 is 0. The Bertz CT molecular complexity index is 959. The van der Waals surface area contributed by atoms with Crippen LogP contribution in [0.5, 0.6) is 5.75 Å². The SMILES string of the molecule is COC1=C(C)C(=O)c2ccnc(COC(=O)c3ccc(OC)cc3)c2C1=O. The Balaban J connectivity index is 1.85. The average Bonchev–Trinajstić information content (AvgIpc) is 2.70. The minimum Gasteiger partial charge on any atom is -0.497 e. The van der Waals surface area contributed by atoms with E-state index in [1.807, 2.05) is 0 Å². The van der Waals surface area contributed by atoms with E-state index in [9.17, 15) is 14.4 Å². The maximum absolute atomic E-state index is 12.7. The molecule has 1 heterocycles. The van der Waals surface area contributed by atoms with Crippen LogP contribution in [0.15, 0.2) is 47.9 Å². The molecule has 7 nitrogen and oxygen atoms in total. The standard InChI is InChI=1S/C20H17NO6/c1-11-17(22)14-8-9-21-15(16(14)18(23)19(11)26-3)10-27-20(24)12-4-6-13(25-2)7-5-12/h4-9H,10H2,1-3H3. The van der Waals surface area contributed by atoms with E-state index in [1.54, 1.807) is 24.3 Å². The van der Waals surface area contributed by atoms with Gasteiger partial charge in [-0.15, -0.1) is 0 Å². The number of esters is 1. The zero-order valence-electron chi connectivity index (χ0n) is 15.1. The molecular weight excluding hydrogens is 350 g/mol. The lowest BCUT2D eigenvalue weighted by molar-refractivity contribution is 0.0465. The number of allylic oxidation sites excluding steroid dienone is 2. The van der Waals surface area contributed by atoms with Gasteiger partial charge >= 0.3 is 5.97 Å². The maximum Gasteiger partial charge on any atom is 0.338 e. The minimum atomic E-state index is -0.578. The van der Waals surface area contributed by atoms with Gasteiger partial charge in [-0.1, -0.05) is 0 Å². The van der Waals surface area contributed by atoms with Crippen molar-refractivity contribution in [3.05, 3.63) is 70.2 Å². The Hall–Kier alpha value is -3.48. The molecule has 0 fully saturated rings. The lowest BCUT2D eigenvalue weighted by Crippen LogP contribution is -2.24. The second-order valence-electron chi connectivity index (χ2n) is 5.80. The fourth-order valence-corrected chi connectivity index (χ4v) is 2.84. The topological polar surface area (TPSA) is 91.8 Å². The van der Waals surface area contributed by atoms with Crippen LogP contribution >= 0.6 is 0 Å². The van der Waals surface area contributed by atoms with Crippen molar-refractivity contribution in [2.24, 2.45) is 0 Å². The van der Waals surface area contributed by atoms with Crippen LogP contribution in [0.25, 0.3) is 0 Å². The number of benzene rings is 1. The summed E-state index contributed by atoms with van der Waals surface area (Å²) in [4.78, 5) is 41.5. The molecule has 0 atom stereocenters. The molecule has 0 N–H and O–H groups in total. The van der Waals surface area contributed by atoms with Gasteiger partial charge < -0.3 is 14.2 Å². The normalized spacial score (nSPS) is 13.3. The highest BCUT2D eigenvalue weighted by atomic mass is 16.5. The molecule has 0 aliphatic heterocycles. The minimum absolute atomic E-state index is 0.0248. The summed E-state index contributed by atoms with van der Waals surface area (Å²) in [5.41, 5.74) is 1.10. The number of nitrogens with zero attached hydrogens (tertiary/aromatic N) is 1. The van der Waals surface area contributed by atoms with E-state index in [0.29, 0.717) is 11.3 Å². The van der Waals surface area contributed by atoms with Gasteiger partial charge in [0.15, 0.2) is 11.5 Å². The number of fused-ring (bicyclic) bond motifs is 1. The van der Waals surface area contributed by atoms with Crippen LogP contribution < -0.4 is 4.74 Å². The smallest absolute Gasteiger partial charge is 0.338 e. The summed E-state index contributed by atoms with van der Waals surface area (Å²) in [5.74, 6) is -0.753. The van der Waals surface area contributed by atoms with Crippen molar-refractivity contribution in [2.45, 2.75) is 13.5 Å². The van der Waals surface area contributed by atoms with Crippen molar-refractivity contribution in [3.63, 3.8) is 0 Å². The zero-order valence-corrected chi connectivity index (χ0v) is 15.1. The Kier molecular flexibility index (Phi) is 5.03. The quantitative estimate of drug-likeness (QED) is 0.750. The second kappa shape index (κ2) is 7.41. The van der Waals surface area contributed by atoms with Crippen molar-refractivity contribution in [2.75, 3.05) is 14.2 Å². The number of carbonyl (C=O) groups excluding carboxylic acids is 3. The molecule has 138 valence electrons. The van der Waals surface area contributed by atoms with Gasteiger partial charge in [0.05, 0.1) is 31.0 Å². The van der Waals surface area contributed by atoms with Gasteiger partial charge in [-0.3, -0.25) is 14.6 Å². The lowest BCUT2D eigenvalue weighted by Gasteiger charge is -2.19. The third-order valence-corrected chi connectivity index (χ3v) is 4.26. The number of methoxy groups -OCH3 is 2. The highest BCUT2D eigenvalue weighted by Gasteiger charge is 2.33. The lowest BCUT2D eigenvalue weighted by atomic mass is 9.88. The molecule has 27 heavy (non-hydrogen) atoms. The number of hydrogen-bond acceptors (Lipinski definition) is 7. The monoisotopic (exact) mass is 367 g/mol. The first kappa shape index (κ1) is 18.3. The fraction of sp³-hybridized carbons (Fsp3) is 0.200. The third-order valence-electron chi connectivity index (χ3n) is 4.26. The van der Waals surface area contributed by atoms with Crippen LogP contribution in [0.3, 0.4) is 0 Å². The fourth-order valence-electron chi connectivity index (χ4n) is 2.84. The largest absolute Gasteiger partial charge is 0.497 e. The molecular formula is C20H17NO6. The molecule has 0 unspecified atom stereocenters. The third kappa shape index (κ3) is 3.31. The van der Waals surface area contributed by atoms with Crippen molar-refractivity contribution >= 4 is 17.5 Å². The predicted octanol–water partition coefficient (Wildman–Crippen LogP) is 2.75. The summed E-state index contributed by atoms with van der Waals surface area (Å²) in [5, 5.41) is 0. The van der Waals surface area contributed by atoms with Gasteiger partial charge in [0.1, 0.15) is 12.4 Å². The van der Waals surface area contributed by atoms with Crippen molar-refractivity contribution < 1.29 is 28.6 Å². The van der Waals surface area contributed by atoms with Crippen LogP contribution in [0.4, 0.5) is 0 Å². The van der Waals surface area contributed by atoms with Gasteiger partial charge in [0.2, 0.25) is 5.78 Å². The molecule has 0 saturated carbocycles. The number of ether oxygens (including phenoxy) is 3. The molecule has 0 amide bonds. The van der Waals surface area contributed by atoms with Crippen LogP contribution in [0.2, 0.25) is 0 Å². The van der Waals surface area contributed by atoms with Gasteiger partial charge in [-0.2, -0.15) is 0 Å². The summed E-state index contributed by atoms with van der Waals surface area (Å²) < 4.78 is 15.4. The van der Waals surface area contributed by atoms with E-state index < -0.39 is 11.8 Å². The predicted molar refractivity (Wildman–Crippen MR) is 94.7 cm³/mol. The second-order valence-corrected chi connectivity index (χ2v) is 5.80. The van der Waals surface area contributed by atoms with Gasteiger partial charge in [0, 0.05) is 17.3 Å². The molecule has 7 heteroatoms. The molecule has 1 aliphatic rings. The van der Waals surface area contributed by atoms with E-state index in [0.717, 1.165) is 0 Å². The van der Waals surface area contributed by atoms with Crippen LogP contribution in [-0.2, 0) is 16.1 Å². The van der Waals surface area contributed by atoms with E-state index in [2.05, 4.69) is 4.98 Å². The van der Waals surface area contributed by atoms with Crippen molar-refractivity contribution in [1.82, 2.24) is 4.98 Å². The molecule has 1 aromatic carbocycles. The van der Waals surface area contributed by atoms with Crippen LogP contribution in [0.1, 0.15) is 43.7 Å². The first-order chi connectivity index (χ1) is 13.0. The van der Waals surface area contributed by atoms with E-state index in [4.69, 9.17) is 14.2 Å². The number of aromatic nitrogens is 1. The molecule has 1 aromatic heterocycles.